The van der Waals surface area contributed by atoms with E-state index in [1.54, 1.807) is 38.5 Å². The number of rotatable bonds is 8. The summed E-state index contributed by atoms with van der Waals surface area (Å²) >= 11 is 0. The molecule has 0 atom stereocenters. The number of para-hydroxylation sites is 1. The first-order valence-electron chi connectivity index (χ1n) is 8.48. The molecule has 27 heavy (non-hydrogen) atoms. The van der Waals surface area contributed by atoms with Gasteiger partial charge >= 0.3 is 0 Å². The summed E-state index contributed by atoms with van der Waals surface area (Å²) in [6.07, 6.45) is 2.21. The topological polar surface area (TPSA) is 68.3 Å². The van der Waals surface area contributed by atoms with Crippen LogP contribution in [0.1, 0.15) is 5.56 Å². The average Bonchev–Trinajstić information content (AvgIpc) is 2.70. The molecule has 1 heterocycles. The van der Waals surface area contributed by atoms with E-state index in [4.69, 9.17) is 9.47 Å². The van der Waals surface area contributed by atoms with E-state index in [9.17, 15) is 4.39 Å². The van der Waals surface area contributed by atoms with Crippen molar-refractivity contribution in [2.24, 2.45) is 0 Å². The minimum Gasteiger partial charge on any atom is -0.493 e. The number of hydrogen-bond acceptors (Lipinski definition) is 6. The largest absolute Gasteiger partial charge is 0.493 e. The van der Waals surface area contributed by atoms with Crippen molar-refractivity contribution in [2.45, 2.75) is 6.42 Å². The molecule has 1 aromatic heterocycles. The third-order valence-electron chi connectivity index (χ3n) is 3.97. The van der Waals surface area contributed by atoms with E-state index in [1.807, 2.05) is 18.2 Å². The molecule has 0 unspecified atom stereocenters. The number of nitrogens with zero attached hydrogens (tertiary/aromatic N) is 2. The molecule has 0 fully saturated rings. The maximum Gasteiger partial charge on any atom is 0.160 e. The molecule has 6 nitrogen and oxygen atoms in total. The third-order valence-corrected chi connectivity index (χ3v) is 3.97. The molecule has 7 heteroatoms. The Balaban J connectivity index is 1.60. The average molecular weight is 368 g/mol. The van der Waals surface area contributed by atoms with Crippen molar-refractivity contribution < 1.29 is 13.9 Å². The molecule has 0 spiro atoms. The normalized spacial score (nSPS) is 10.3. The Hall–Kier alpha value is -3.35. The molecular formula is C20H21FN4O2. The zero-order valence-corrected chi connectivity index (χ0v) is 15.2. The second-order valence-electron chi connectivity index (χ2n) is 5.76. The van der Waals surface area contributed by atoms with Crippen molar-refractivity contribution in [1.82, 2.24) is 9.97 Å². The lowest BCUT2D eigenvalue weighted by molar-refractivity contribution is 0.354. The Bertz CT molecular complexity index is 905. The highest BCUT2D eigenvalue weighted by Crippen LogP contribution is 2.27. The maximum atomic E-state index is 13.7. The SMILES string of the molecule is COc1ccc(CCNc2cc(Nc3ccccc3F)ncn2)cc1OC. The van der Waals surface area contributed by atoms with Crippen LogP contribution in [0.2, 0.25) is 0 Å². The number of ether oxygens (including phenoxy) is 2. The summed E-state index contributed by atoms with van der Waals surface area (Å²) in [6.45, 7) is 0.672. The second-order valence-corrected chi connectivity index (χ2v) is 5.76. The Morgan fingerprint density at radius 1 is 0.926 bits per heavy atom. The zero-order valence-electron chi connectivity index (χ0n) is 15.2. The van der Waals surface area contributed by atoms with Gasteiger partial charge in [-0.05, 0) is 36.2 Å². The van der Waals surface area contributed by atoms with E-state index in [-0.39, 0.29) is 5.82 Å². The molecule has 0 aliphatic heterocycles. The first-order chi connectivity index (χ1) is 13.2. The molecule has 0 aliphatic carbocycles. The lowest BCUT2D eigenvalue weighted by Gasteiger charge is -2.11. The highest BCUT2D eigenvalue weighted by molar-refractivity contribution is 5.59. The third kappa shape index (κ3) is 4.84. The van der Waals surface area contributed by atoms with Crippen LogP contribution in [0.3, 0.4) is 0 Å². The van der Waals surface area contributed by atoms with Gasteiger partial charge in [0.2, 0.25) is 0 Å². The smallest absolute Gasteiger partial charge is 0.160 e. The second kappa shape index (κ2) is 8.84. The molecule has 0 radical (unpaired) electrons. The molecular weight excluding hydrogens is 347 g/mol. The van der Waals surface area contributed by atoms with Crippen molar-refractivity contribution in [1.29, 1.82) is 0 Å². The zero-order chi connectivity index (χ0) is 19.1. The summed E-state index contributed by atoms with van der Waals surface area (Å²) in [5.74, 6) is 2.24. The van der Waals surface area contributed by atoms with E-state index >= 15 is 0 Å². The van der Waals surface area contributed by atoms with Crippen molar-refractivity contribution >= 4 is 17.3 Å². The summed E-state index contributed by atoms with van der Waals surface area (Å²) in [4.78, 5) is 8.32. The van der Waals surface area contributed by atoms with E-state index in [0.717, 1.165) is 12.0 Å². The van der Waals surface area contributed by atoms with Crippen LogP contribution in [-0.2, 0) is 6.42 Å². The van der Waals surface area contributed by atoms with Gasteiger partial charge in [-0.3, -0.25) is 0 Å². The Morgan fingerprint density at radius 3 is 2.48 bits per heavy atom. The molecule has 0 bridgehead atoms. The monoisotopic (exact) mass is 368 g/mol. The molecule has 140 valence electrons. The predicted octanol–water partition coefficient (Wildman–Crippen LogP) is 4.03. The first-order valence-corrected chi connectivity index (χ1v) is 8.48. The Morgan fingerprint density at radius 2 is 1.70 bits per heavy atom. The van der Waals surface area contributed by atoms with Crippen LogP contribution >= 0.6 is 0 Å². The highest BCUT2D eigenvalue weighted by Gasteiger charge is 2.06. The number of nitrogens with one attached hydrogen (secondary N) is 2. The summed E-state index contributed by atoms with van der Waals surface area (Å²) in [5.41, 5.74) is 1.48. The fourth-order valence-electron chi connectivity index (χ4n) is 2.59. The Kier molecular flexibility index (Phi) is 6.04. The number of methoxy groups -OCH3 is 2. The number of halogens is 1. The van der Waals surface area contributed by atoms with Crippen LogP contribution in [0.15, 0.2) is 54.9 Å². The minimum absolute atomic E-state index is 0.334. The van der Waals surface area contributed by atoms with Crippen molar-refractivity contribution in [3.63, 3.8) is 0 Å². The summed E-state index contributed by atoms with van der Waals surface area (Å²) in [5, 5.41) is 6.19. The summed E-state index contributed by atoms with van der Waals surface area (Å²) in [7, 11) is 3.23. The minimum atomic E-state index is -0.334. The number of anilines is 3. The molecule has 3 rings (SSSR count). The number of aromatic nitrogens is 2. The van der Waals surface area contributed by atoms with Crippen LogP contribution in [0.25, 0.3) is 0 Å². The molecule has 3 aromatic rings. The van der Waals surface area contributed by atoms with Crippen molar-refractivity contribution in [3.05, 3.63) is 66.2 Å². The molecule has 0 saturated carbocycles. The predicted molar refractivity (Wildman–Crippen MR) is 103 cm³/mol. The van der Waals surface area contributed by atoms with Gasteiger partial charge in [0, 0.05) is 12.6 Å². The van der Waals surface area contributed by atoms with Crippen LogP contribution in [0.5, 0.6) is 11.5 Å². The molecule has 0 aliphatic rings. The fourth-order valence-corrected chi connectivity index (χ4v) is 2.59. The molecule has 0 saturated heterocycles. The quantitative estimate of drug-likeness (QED) is 0.626. The van der Waals surface area contributed by atoms with Gasteiger partial charge in [-0.15, -0.1) is 0 Å². The first kappa shape index (κ1) is 18.4. The number of benzene rings is 2. The van der Waals surface area contributed by atoms with E-state index < -0.39 is 0 Å². The van der Waals surface area contributed by atoms with Crippen molar-refractivity contribution in [3.8, 4) is 11.5 Å². The van der Waals surface area contributed by atoms with Gasteiger partial charge in [0.15, 0.2) is 11.5 Å². The van der Waals surface area contributed by atoms with Gasteiger partial charge in [0.05, 0.1) is 19.9 Å². The van der Waals surface area contributed by atoms with Crippen LogP contribution < -0.4 is 20.1 Å². The Labute approximate surface area is 157 Å². The molecule has 2 N–H and O–H groups in total. The van der Waals surface area contributed by atoms with Gasteiger partial charge in [-0.25, -0.2) is 14.4 Å². The van der Waals surface area contributed by atoms with Gasteiger partial charge < -0.3 is 20.1 Å². The summed E-state index contributed by atoms with van der Waals surface area (Å²) < 4.78 is 24.3. The molecule has 2 aromatic carbocycles. The lowest BCUT2D eigenvalue weighted by Crippen LogP contribution is -2.07. The molecule has 0 amide bonds. The maximum absolute atomic E-state index is 13.7. The number of hydrogen-bond donors (Lipinski definition) is 2. The van der Waals surface area contributed by atoms with E-state index in [1.165, 1.54) is 12.4 Å². The fraction of sp³-hybridized carbons (Fsp3) is 0.200. The van der Waals surface area contributed by atoms with Crippen molar-refractivity contribution in [2.75, 3.05) is 31.4 Å². The van der Waals surface area contributed by atoms with Gasteiger partial charge in [-0.1, -0.05) is 18.2 Å². The van der Waals surface area contributed by atoms with Gasteiger partial charge in [0.25, 0.3) is 0 Å². The standard InChI is InChI=1S/C20H21FN4O2/c1-26-17-8-7-14(11-18(17)27-2)9-10-22-19-12-20(24-13-23-19)25-16-6-4-3-5-15(16)21/h3-8,11-13H,9-10H2,1-2H3,(H2,22,23,24,25). The van der Waals surface area contributed by atoms with Gasteiger partial charge in [-0.2, -0.15) is 0 Å². The lowest BCUT2D eigenvalue weighted by atomic mass is 10.1. The van der Waals surface area contributed by atoms with Gasteiger partial charge in [0.1, 0.15) is 23.8 Å². The highest BCUT2D eigenvalue weighted by atomic mass is 19.1. The van der Waals surface area contributed by atoms with Crippen LogP contribution in [0, 0.1) is 5.82 Å². The van der Waals surface area contributed by atoms with Crippen LogP contribution in [0.4, 0.5) is 21.7 Å². The van der Waals surface area contributed by atoms with E-state index in [2.05, 4.69) is 20.6 Å². The van der Waals surface area contributed by atoms with E-state index in [0.29, 0.717) is 35.4 Å². The van der Waals surface area contributed by atoms with Crippen LogP contribution in [-0.4, -0.2) is 30.7 Å². The summed E-state index contributed by atoms with van der Waals surface area (Å²) in [6, 6.07) is 14.0.